The van der Waals surface area contributed by atoms with Crippen LogP contribution in [-0.4, -0.2) is 32.2 Å². The first-order chi connectivity index (χ1) is 9.99. The Morgan fingerprint density at radius 1 is 1.48 bits per heavy atom. The summed E-state index contributed by atoms with van der Waals surface area (Å²) in [5, 5.41) is 3.16. The molecule has 0 bridgehead atoms. The van der Waals surface area contributed by atoms with E-state index in [-0.39, 0.29) is 11.9 Å². The number of methoxy groups -OCH3 is 1. The number of ether oxygens (including phenoxy) is 2. The highest BCUT2D eigenvalue weighted by Gasteiger charge is 2.15. The Labute approximate surface area is 130 Å². The number of hydrogen-bond donors (Lipinski definition) is 2. The van der Waals surface area contributed by atoms with Crippen LogP contribution in [0.15, 0.2) is 12.1 Å². The van der Waals surface area contributed by atoms with E-state index in [1.807, 2.05) is 13.8 Å². The molecule has 5 nitrogen and oxygen atoms in total. The predicted molar refractivity (Wildman–Crippen MR) is 84.4 cm³/mol. The number of rotatable bonds is 8. The summed E-state index contributed by atoms with van der Waals surface area (Å²) >= 11 is 6.17. The molecule has 0 aliphatic rings. The predicted octanol–water partition coefficient (Wildman–Crippen LogP) is 2.60. The van der Waals surface area contributed by atoms with Gasteiger partial charge in [-0.1, -0.05) is 18.5 Å². The molecule has 1 unspecified atom stereocenters. The van der Waals surface area contributed by atoms with Crippen molar-refractivity contribution in [2.75, 3.05) is 20.3 Å². The molecule has 21 heavy (non-hydrogen) atoms. The van der Waals surface area contributed by atoms with E-state index in [0.29, 0.717) is 41.7 Å². The molecule has 1 amide bonds. The molecule has 1 rings (SSSR count). The van der Waals surface area contributed by atoms with E-state index in [4.69, 9.17) is 26.8 Å². The van der Waals surface area contributed by atoms with Crippen LogP contribution < -0.4 is 20.5 Å². The quantitative estimate of drug-likeness (QED) is 0.773. The van der Waals surface area contributed by atoms with Gasteiger partial charge in [-0.15, -0.1) is 0 Å². The lowest BCUT2D eigenvalue weighted by Crippen LogP contribution is -2.29. The fourth-order valence-electron chi connectivity index (χ4n) is 1.71. The summed E-state index contributed by atoms with van der Waals surface area (Å²) in [5.41, 5.74) is 6.08. The molecule has 0 spiro atoms. The van der Waals surface area contributed by atoms with Crippen molar-refractivity contribution in [1.29, 1.82) is 0 Å². The van der Waals surface area contributed by atoms with Gasteiger partial charge in [0.15, 0.2) is 11.5 Å². The number of carbonyl (C=O) groups is 1. The summed E-state index contributed by atoms with van der Waals surface area (Å²) in [6, 6.07) is 3.25. The summed E-state index contributed by atoms with van der Waals surface area (Å²) in [6.45, 7) is 4.95. The Morgan fingerprint density at radius 2 is 2.19 bits per heavy atom. The van der Waals surface area contributed by atoms with Gasteiger partial charge in [-0.3, -0.25) is 4.79 Å². The highest BCUT2D eigenvalue weighted by Crippen LogP contribution is 2.36. The van der Waals surface area contributed by atoms with Gasteiger partial charge in [0.05, 0.1) is 18.7 Å². The van der Waals surface area contributed by atoms with Gasteiger partial charge in [0, 0.05) is 18.2 Å². The molecule has 0 saturated heterocycles. The molecule has 0 saturated carbocycles. The number of hydrogen-bond acceptors (Lipinski definition) is 4. The average Bonchev–Trinajstić information content (AvgIpc) is 2.44. The van der Waals surface area contributed by atoms with E-state index in [2.05, 4.69) is 5.32 Å². The number of carbonyl (C=O) groups excluding carboxylic acids is 1. The number of benzene rings is 1. The first-order valence-electron chi connectivity index (χ1n) is 7.03. The second kappa shape index (κ2) is 8.74. The van der Waals surface area contributed by atoms with Crippen LogP contribution in [0.25, 0.3) is 0 Å². The Bertz CT molecular complexity index is 478. The highest BCUT2D eigenvalue weighted by molar-refractivity contribution is 6.32. The van der Waals surface area contributed by atoms with E-state index >= 15 is 0 Å². The van der Waals surface area contributed by atoms with Crippen LogP contribution in [0.1, 0.15) is 37.0 Å². The Morgan fingerprint density at radius 3 is 2.76 bits per heavy atom. The molecular weight excluding hydrogens is 292 g/mol. The normalized spacial score (nSPS) is 11.9. The van der Waals surface area contributed by atoms with Crippen molar-refractivity contribution in [1.82, 2.24) is 5.32 Å². The zero-order valence-electron chi connectivity index (χ0n) is 12.7. The molecule has 1 aromatic carbocycles. The molecule has 6 heteroatoms. The lowest BCUT2D eigenvalue weighted by molar-refractivity contribution is 0.0952. The third-order valence-electron chi connectivity index (χ3n) is 2.83. The van der Waals surface area contributed by atoms with Crippen molar-refractivity contribution in [2.24, 2.45) is 5.73 Å². The van der Waals surface area contributed by atoms with Crippen LogP contribution in [0.3, 0.4) is 0 Å². The smallest absolute Gasteiger partial charge is 0.251 e. The Kier molecular flexibility index (Phi) is 7.32. The molecule has 1 atom stereocenters. The molecule has 1 aromatic rings. The van der Waals surface area contributed by atoms with Crippen LogP contribution in [0.4, 0.5) is 0 Å². The Hall–Kier alpha value is -1.46. The SMILES string of the molecule is CCCOc1c(Cl)cc(C(=O)NCCC(C)N)cc1OC. The Balaban J connectivity index is 2.84. The standard InChI is InChI=1S/C15H23ClN2O3/c1-4-7-21-14-12(16)8-11(9-13(14)20-3)15(19)18-6-5-10(2)17/h8-10H,4-7,17H2,1-3H3,(H,18,19). The lowest BCUT2D eigenvalue weighted by Gasteiger charge is -2.14. The molecular formula is C15H23ClN2O3. The summed E-state index contributed by atoms with van der Waals surface area (Å²) < 4.78 is 10.8. The first-order valence-corrected chi connectivity index (χ1v) is 7.41. The van der Waals surface area contributed by atoms with E-state index in [0.717, 1.165) is 6.42 Å². The summed E-state index contributed by atoms with van der Waals surface area (Å²) in [4.78, 5) is 12.1. The average molecular weight is 315 g/mol. The van der Waals surface area contributed by atoms with Gasteiger partial charge in [0.1, 0.15) is 0 Å². The van der Waals surface area contributed by atoms with Gasteiger partial charge in [0.25, 0.3) is 5.91 Å². The summed E-state index contributed by atoms with van der Waals surface area (Å²) in [5.74, 6) is 0.708. The van der Waals surface area contributed by atoms with Crippen LogP contribution in [0.2, 0.25) is 5.02 Å². The minimum Gasteiger partial charge on any atom is -0.493 e. The van der Waals surface area contributed by atoms with E-state index in [1.54, 1.807) is 12.1 Å². The number of halogens is 1. The topological polar surface area (TPSA) is 73.6 Å². The largest absolute Gasteiger partial charge is 0.493 e. The maximum absolute atomic E-state index is 12.1. The van der Waals surface area contributed by atoms with Crippen LogP contribution in [0, 0.1) is 0 Å². The number of nitrogens with two attached hydrogens (primary N) is 1. The maximum atomic E-state index is 12.1. The number of amides is 1. The third-order valence-corrected chi connectivity index (χ3v) is 3.11. The van der Waals surface area contributed by atoms with Gasteiger partial charge in [0.2, 0.25) is 0 Å². The van der Waals surface area contributed by atoms with Crippen LogP contribution in [0.5, 0.6) is 11.5 Å². The van der Waals surface area contributed by atoms with Crippen molar-refractivity contribution in [3.8, 4) is 11.5 Å². The lowest BCUT2D eigenvalue weighted by atomic mass is 10.1. The molecule has 0 aliphatic carbocycles. The van der Waals surface area contributed by atoms with Crippen molar-refractivity contribution in [2.45, 2.75) is 32.7 Å². The van der Waals surface area contributed by atoms with Crippen LogP contribution in [-0.2, 0) is 0 Å². The van der Waals surface area contributed by atoms with Gasteiger partial charge in [-0.2, -0.15) is 0 Å². The fraction of sp³-hybridized carbons (Fsp3) is 0.533. The minimum absolute atomic E-state index is 0.0493. The molecule has 0 heterocycles. The van der Waals surface area contributed by atoms with Crippen molar-refractivity contribution in [3.05, 3.63) is 22.7 Å². The fourth-order valence-corrected chi connectivity index (χ4v) is 1.98. The second-order valence-electron chi connectivity index (χ2n) is 4.86. The number of nitrogens with one attached hydrogen (secondary N) is 1. The highest BCUT2D eigenvalue weighted by atomic mass is 35.5. The molecule has 0 aliphatic heterocycles. The first kappa shape index (κ1) is 17.6. The molecule has 0 aromatic heterocycles. The molecule has 118 valence electrons. The van der Waals surface area contributed by atoms with E-state index < -0.39 is 0 Å². The van der Waals surface area contributed by atoms with Crippen molar-refractivity contribution >= 4 is 17.5 Å². The molecule has 0 radical (unpaired) electrons. The summed E-state index contributed by atoms with van der Waals surface area (Å²) in [6.07, 6.45) is 1.58. The third kappa shape index (κ3) is 5.44. The van der Waals surface area contributed by atoms with Crippen LogP contribution >= 0.6 is 11.6 Å². The van der Waals surface area contributed by atoms with E-state index in [9.17, 15) is 4.79 Å². The van der Waals surface area contributed by atoms with Gasteiger partial charge >= 0.3 is 0 Å². The zero-order valence-corrected chi connectivity index (χ0v) is 13.5. The van der Waals surface area contributed by atoms with Gasteiger partial charge in [-0.05, 0) is 31.9 Å². The monoisotopic (exact) mass is 314 g/mol. The van der Waals surface area contributed by atoms with Crippen molar-refractivity contribution < 1.29 is 14.3 Å². The minimum atomic E-state index is -0.210. The van der Waals surface area contributed by atoms with Crippen molar-refractivity contribution in [3.63, 3.8) is 0 Å². The van der Waals surface area contributed by atoms with Gasteiger partial charge < -0.3 is 20.5 Å². The second-order valence-corrected chi connectivity index (χ2v) is 5.27. The molecule has 3 N–H and O–H groups in total. The zero-order chi connectivity index (χ0) is 15.8. The summed E-state index contributed by atoms with van der Waals surface area (Å²) in [7, 11) is 1.52. The molecule has 0 fully saturated rings. The van der Waals surface area contributed by atoms with E-state index in [1.165, 1.54) is 7.11 Å². The maximum Gasteiger partial charge on any atom is 0.251 e. The van der Waals surface area contributed by atoms with Gasteiger partial charge in [-0.25, -0.2) is 0 Å².